The number of aromatic nitrogens is 5. The molecule has 130 valence electrons. The van der Waals surface area contributed by atoms with Gasteiger partial charge in [-0.2, -0.15) is 5.10 Å². The number of carbonyl (C=O) groups is 1. The lowest BCUT2D eigenvalue weighted by molar-refractivity contribution is -0.117. The van der Waals surface area contributed by atoms with E-state index in [9.17, 15) is 4.79 Å². The molecule has 0 atom stereocenters. The van der Waals surface area contributed by atoms with E-state index >= 15 is 0 Å². The molecular weight excluding hydrogens is 346 g/mol. The number of hydrogen-bond donors (Lipinski definition) is 2. The molecule has 2 aromatic rings. The van der Waals surface area contributed by atoms with Crippen LogP contribution in [0.4, 0.5) is 5.13 Å². The first-order chi connectivity index (χ1) is 11.6. The number of aryl methyl sites for hydroxylation is 1. The minimum Gasteiger partial charge on any atom is -0.299 e. The molecule has 1 amide bonds. The molecule has 0 aromatic carbocycles. The zero-order valence-electron chi connectivity index (χ0n) is 13.8. The van der Waals surface area contributed by atoms with E-state index < -0.39 is 0 Å². The summed E-state index contributed by atoms with van der Waals surface area (Å²) < 4.78 is 0.885. The van der Waals surface area contributed by atoms with Crippen LogP contribution in [0.1, 0.15) is 37.3 Å². The number of thioether (sulfide) groups is 1. The van der Waals surface area contributed by atoms with Gasteiger partial charge in [-0.3, -0.25) is 20.1 Å². The number of likely N-dealkylation sites (tertiary alicyclic amines) is 1. The van der Waals surface area contributed by atoms with Crippen LogP contribution in [0.25, 0.3) is 0 Å². The van der Waals surface area contributed by atoms with Gasteiger partial charge in [-0.1, -0.05) is 30.0 Å². The molecule has 0 radical (unpaired) electrons. The van der Waals surface area contributed by atoms with Crippen LogP contribution in [-0.4, -0.2) is 61.6 Å². The second kappa shape index (κ2) is 8.04. The highest BCUT2D eigenvalue weighted by atomic mass is 32.2. The van der Waals surface area contributed by atoms with Crippen LogP contribution in [0.3, 0.4) is 0 Å². The molecule has 0 bridgehead atoms. The second-order valence-corrected chi connectivity index (χ2v) is 8.17. The third-order valence-electron chi connectivity index (χ3n) is 3.86. The molecule has 0 aliphatic carbocycles. The van der Waals surface area contributed by atoms with Gasteiger partial charge in [0, 0.05) is 5.92 Å². The van der Waals surface area contributed by atoms with E-state index in [1.807, 2.05) is 6.92 Å². The van der Waals surface area contributed by atoms with Crippen LogP contribution in [0.5, 0.6) is 0 Å². The Morgan fingerprint density at radius 1 is 1.42 bits per heavy atom. The maximum Gasteiger partial charge on any atom is 0.240 e. The molecule has 8 nitrogen and oxygen atoms in total. The first-order valence-corrected chi connectivity index (χ1v) is 9.81. The Hall–Kier alpha value is -1.52. The topological polar surface area (TPSA) is 99.7 Å². The number of hydrogen-bond acceptors (Lipinski definition) is 8. The molecule has 0 unspecified atom stereocenters. The first kappa shape index (κ1) is 17.3. The maximum absolute atomic E-state index is 12.2. The van der Waals surface area contributed by atoms with Crippen molar-refractivity contribution in [1.29, 1.82) is 0 Å². The second-order valence-electron chi connectivity index (χ2n) is 5.68. The molecule has 2 aromatic heterocycles. The van der Waals surface area contributed by atoms with E-state index in [-0.39, 0.29) is 5.91 Å². The summed E-state index contributed by atoms with van der Waals surface area (Å²) in [7, 11) is 0. The summed E-state index contributed by atoms with van der Waals surface area (Å²) in [5, 5.41) is 18.6. The van der Waals surface area contributed by atoms with Crippen LogP contribution in [-0.2, 0) is 4.79 Å². The van der Waals surface area contributed by atoms with Crippen LogP contribution < -0.4 is 5.32 Å². The van der Waals surface area contributed by atoms with E-state index in [2.05, 4.69) is 42.5 Å². The van der Waals surface area contributed by atoms with E-state index in [4.69, 9.17) is 0 Å². The van der Waals surface area contributed by atoms with Crippen LogP contribution >= 0.6 is 23.1 Å². The number of carbonyl (C=O) groups excluding carboxylic acids is 1. The number of amides is 1. The van der Waals surface area contributed by atoms with Crippen molar-refractivity contribution < 1.29 is 4.79 Å². The Labute approximate surface area is 148 Å². The summed E-state index contributed by atoms with van der Waals surface area (Å²) in [6.07, 6.45) is 1.95. The van der Waals surface area contributed by atoms with Gasteiger partial charge in [0.15, 0.2) is 10.2 Å². The molecular formula is C14H21N7OS2. The van der Waals surface area contributed by atoms with Gasteiger partial charge in [-0.15, -0.1) is 10.2 Å². The fourth-order valence-corrected chi connectivity index (χ4v) is 4.36. The molecule has 0 saturated carbocycles. The van der Waals surface area contributed by atoms with Crippen molar-refractivity contribution in [3.05, 3.63) is 11.6 Å². The van der Waals surface area contributed by atoms with Crippen LogP contribution in [0.15, 0.2) is 4.34 Å². The summed E-state index contributed by atoms with van der Waals surface area (Å²) in [4.78, 5) is 18.7. The van der Waals surface area contributed by atoms with Crippen LogP contribution in [0, 0.1) is 6.92 Å². The largest absolute Gasteiger partial charge is 0.299 e. The third kappa shape index (κ3) is 4.52. The molecule has 2 N–H and O–H groups in total. The number of aromatic amines is 1. The standard InChI is InChI=1S/C14H21N7OS2/c1-3-23-14-20-19-13(24-14)16-11(22)8-21-6-4-10(5-7-21)12-15-9(2)17-18-12/h10H,3-8H2,1-2H3,(H,15,17,18)(H,16,19,22). The summed E-state index contributed by atoms with van der Waals surface area (Å²) in [5.74, 6) is 3.04. The summed E-state index contributed by atoms with van der Waals surface area (Å²) in [5.41, 5.74) is 0. The fraction of sp³-hybridized carbons (Fsp3) is 0.643. The average Bonchev–Trinajstić information content (AvgIpc) is 3.18. The predicted molar refractivity (Wildman–Crippen MR) is 94.5 cm³/mol. The van der Waals surface area contributed by atoms with Crippen molar-refractivity contribution in [2.45, 2.75) is 36.9 Å². The van der Waals surface area contributed by atoms with Gasteiger partial charge in [-0.05, 0) is 38.6 Å². The minimum atomic E-state index is -0.0358. The van der Waals surface area contributed by atoms with Gasteiger partial charge in [0.05, 0.1) is 6.54 Å². The molecule has 1 aliphatic rings. The number of rotatable bonds is 6. The number of H-pyrrole nitrogens is 1. The Morgan fingerprint density at radius 2 is 2.21 bits per heavy atom. The zero-order chi connectivity index (χ0) is 16.9. The Kier molecular flexibility index (Phi) is 5.80. The lowest BCUT2D eigenvalue weighted by Crippen LogP contribution is -2.38. The van der Waals surface area contributed by atoms with Gasteiger partial charge in [0.1, 0.15) is 5.82 Å². The highest BCUT2D eigenvalue weighted by Gasteiger charge is 2.24. The van der Waals surface area contributed by atoms with Gasteiger partial charge in [-0.25, -0.2) is 4.98 Å². The Bertz CT molecular complexity index is 678. The van der Waals surface area contributed by atoms with Crippen molar-refractivity contribution in [2.24, 2.45) is 0 Å². The highest BCUT2D eigenvalue weighted by Crippen LogP contribution is 2.26. The van der Waals surface area contributed by atoms with Gasteiger partial charge < -0.3 is 0 Å². The fourth-order valence-electron chi connectivity index (χ4n) is 2.70. The molecule has 3 heterocycles. The molecule has 1 fully saturated rings. The summed E-state index contributed by atoms with van der Waals surface area (Å²) in [6, 6.07) is 0. The highest BCUT2D eigenvalue weighted by molar-refractivity contribution is 8.01. The van der Waals surface area contributed by atoms with Crippen molar-refractivity contribution in [1.82, 2.24) is 30.3 Å². The van der Waals surface area contributed by atoms with E-state index in [1.54, 1.807) is 11.8 Å². The van der Waals surface area contributed by atoms with Crippen LogP contribution in [0.2, 0.25) is 0 Å². The zero-order valence-corrected chi connectivity index (χ0v) is 15.4. The van der Waals surface area contributed by atoms with E-state index in [1.165, 1.54) is 11.3 Å². The molecule has 24 heavy (non-hydrogen) atoms. The molecule has 1 aliphatic heterocycles. The van der Waals surface area contributed by atoms with Gasteiger partial charge >= 0.3 is 0 Å². The summed E-state index contributed by atoms with van der Waals surface area (Å²) in [6.45, 7) is 6.11. The van der Waals surface area contributed by atoms with Crippen molar-refractivity contribution in [3.8, 4) is 0 Å². The van der Waals surface area contributed by atoms with Crippen molar-refractivity contribution >= 4 is 34.1 Å². The smallest absolute Gasteiger partial charge is 0.240 e. The third-order valence-corrected chi connectivity index (χ3v) is 5.71. The number of piperidine rings is 1. The molecule has 3 rings (SSSR count). The van der Waals surface area contributed by atoms with Crippen molar-refractivity contribution in [3.63, 3.8) is 0 Å². The lowest BCUT2D eigenvalue weighted by atomic mass is 9.96. The Balaban J connectivity index is 1.44. The Morgan fingerprint density at radius 3 is 2.88 bits per heavy atom. The molecule has 10 heteroatoms. The predicted octanol–water partition coefficient (Wildman–Crippen LogP) is 1.89. The normalized spacial score (nSPS) is 16.4. The maximum atomic E-state index is 12.2. The van der Waals surface area contributed by atoms with Gasteiger partial charge in [0.2, 0.25) is 11.0 Å². The molecule has 0 spiro atoms. The number of anilines is 1. The van der Waals surface area contributed by atoms with Crippen molar-refractivity contribution in [2.75, 3.05) is 30.7 Å². The molecule has 1 saturated heterocycles. The number of nitrogens with zero attached hydrogens (tertiary/aromatic N) is 5. The lowest BCUT2D eigenvalue weighted by Gasteiger charge is -2.29. The monoisotopic (exact) mass is 367 g/mol. The number of nitrogens with one attached hydrogen (secondary N) is 2. The van der Waals surface area contributed by atoms with E-state index in [0.717, 1.165) is 47.7 Å². The average molecular weight is 368 g/mol. The quantitative estimate of drug-likeness (QED) is 0.594. The SMILES string of the molecule is CCSc1nnc(NC(=O)CN2CCC(c3n[nH]c(C)n3)CC2)s1. The summed E-state index contributed by atoms with van der Waals surface area (Å²) >= 11 is 3.05. The van der Waals surface area contributed by atoms with E-state index in [0.29, 0.717) is 17.6 Å². The minimum absolute atomic E-state index is 0.0358. The van der Waals surface area contributed by atoms with Gasteiger partial charge in [0.25, 0.3) is 0 Å². The first-order valence-electron chi connectivity index (χ1n) is 8.01.